The Morgan fingerprint density at radius 1 is 0.711 bits per heavy atom. The first-order valence-electron chi connectivity index (χ1n) is 24.6. The lowest BCUT2D eigenvalue weighted by Crippen LogP contribution is -2.47. The number of ether oxygens (including phenoxy) is 1. The van der Waals surface area contributed by atoms with E-state index in [0.29, 0.717) is 55.3 Å². The Balaban J connectivity index is 0.000000221. The topological polar surface area (TPSA) is 293 Å². The number of hydrogen-bond donors (Lipinski definition) is 5. The number of amides is 3. The summed E-state index contributed by atoms with van der Waals surface area (Å²) in [7, 11) is -2.09. The largest absolute Gasteiger partial charge is 0.450 e. The Hall–Kier alpha value is -6.74. The van der Waals surface area contributed by atoms with Gasteiger partial charge < -0.3 is 35.0 Å². The number of carbonyl (C=O) groups is 5. The van der Waals surface area contributed by atoms with Crippen molar-refractivity contribution in [3.63, 3.8) is 0 Å². The third-order valence-corrected chi connectivity index (χ3v) is 16.3. The second-order valence-electron chi connectivity index (χ2n) is 18.6. The number of nitrogens with zero attached hydrogens (tertiary/aromatic N) is 9. The number of sulfonamides is 1. The molecule has 0 unspecified atom stereocenters. The molecule has 0 aliphatic carbocycles. The smallest absolute Gasteiger partial charge is 0.413 e. The van der Waals surface area contributed by atoms with Crippen molar-refractivity contribution in [2.75, 3.05) is 42.6 Å². The highest BCUT2D eigenvalue weighted by Gasteiger charge is 2.41. The molecule has 6 heterocycles. The van der Waals surface area contributed by atoms with Crippen LogP contribution in [0.25, 0.3) is 11.4 Å². The van der Waals surface area contributed by atoms with Crippen molar-refractivity contribution in [3.05, 3.63) is 119 Å². The molecule has 3 amide bonds. The number of rotatable bonds is 20. The van der Waals surface area contributed by atoms with Gasteiger partial charge in [0.15, 0.2) is 34.0 Å². The normalized spacial score (nSPS) is 17.9. The molecule has 0 radical (unpaired) electrons. The van der Waals surface area contributed by atoms with E-state index in [1.807, 2.05) is 86.9 Å². The quantitative estimate of drug-likeness (QED) is 0.0678. The Morgan fingerprint density at radius 2 is 1.16 bits per heavy atom. The van der Waals surface area contributed by atoms with E-state index >= 15 is 0 Å². The molecule has 2 aromatic carbocycles. The van der Waals surface area contributed by atoms with E-state index in [1.165, 1.54) is 28.2 Å². The number of likely N-dealkylation sites (tertiary alicyclic amines) is 2. The summed E-state index contributed by atoms with van der Waals surface area (Å²) in [6.07, 6.45) is 2.39. The van der Waals surface area contributed by atoms with Crippen molar-refractivity contribution in [2.45, 2.75) is 108 Å². The van der Waals surface area contributed by atoms with Crippen LogP contribution >= 0.6 is 22.7 Å². The number of ketones is 2. The van der Waals surface area contributed by atoms with Crippen LogP contribution in [0.1, 0.15) is 106 Å². The van der Waals surface area contributed by atoms with Crippen molar-refractivity contribution in [1.82, 2.24) is 39.3 Å². The fraction of sp³-hybridized carbons (Fsp3) is 0.431. The van der Waals surface area contributed by atoms with E-state index in [0.717, 1.165) is 44.4 Å². The highest BCUT2D eigenvalue weighted by molar-refractivity contribution is 7.92. The zero-order valence-electron chi connectivity index (χ0n) is 42.5. The molecule has 22 nitrogen and oxygen atoms in total. The maximum atomic E-state index is 13.1. The van der Waals surface area contributed by atoms with Gasteiger partial charge in [-0.1, -0.05) is 38.1 Å². The van der Waals surface area contributed by atoms with Crippen molar-refractivity contribution in [3.8, 4) is 11.4 Å². The number of aliphatic hydroxyl groups is 4. The van der Waals surface area contributed by atoms with Crippen LogP contribution in [0.5, 0.6) is 0 Å². The summed E-state index contributed by atoms with van der Waals surface area (Å²) < 4.78 is 33.0. The molecule has 0 bridgehead atoms. The fourth-order valence-electron chi connectivity index (χ4n) is 8.94. The Bertz CT molecular complexity index is 3020. The molecule has 5 N–H and O–H groups in total. The summed E-state index contributed by atoms with van der Waals surface area (Å²) in [5.41, 5.74) is 4.58. The first-order valence-corrected chi connectivity index (χ1v) is 28.2. The molecule has 2 aliphatic rings. The molecule has 8 rings (SSSR count). The van der Waals surface area contributed by atoms with Crippen molar-refractivity contribution >= 4 is 72.4 Å². The van der Waals surface area contributed by atoms with Crippen LogP contribution in [-0.2, 0) is 33.9 Å². The number of anilines is 2. The molecule has 76 heavy (non-hydrogen) atoms. The van der Waals surface area contributed by atoms with E-state index in [1.54, 1.807) is 39.4 Å². The van der Waals surface area contributed by atoms with Crippen molar-refractivity contribution in [1.29, 1.82) is 0 Å². The lowest BCUT2D eigenvalue weighted by molar-refractivity contribution is -0.153. The minimum absolute atomic E-state index is 0.0367. The highest BCUT2D eigenvalue weighted by Crippen LogP contribution is 2.37. The summed E-state index contributed by atoms with van der Waals surface area (Å²) in [5, 5.41) is 57.3. The number of hydrogen-bond acceptors (Lipinski definition) is 18. The number of aliphatic hydroxyl groups excluding tert-OH is 4. The first-order chi connectivity index (χ1) is 36.2. The molecule has 8 atom stereocenters. The SMILES string of the molecule is CCOC(=O)Nc1nc([C@H]2CCCN2C(=O)[C@H](O)[C@@H](O)C(=O)C[C@H](C)c2ccc(-n3cccn3)cc2)cs1.C[C@@H](CC(=O)[C@H](O)[C@@H](O)C(=O)N1CCC[C@@H]1c1csc(N(C)S(C)(=O)=O)n1)c1ccc(-n2cccn2)cc1. The maximum Gasteiger partial charge on any atom is 0.413 e. The summed E-state index contributed by atoms with van der Waals surface area (Å²) in [6, 6.07) is 17.8. The zero-order valence-corrected chi connectivity index (χ0v) is 45.0. The second-order valence-corrected chi connectivity index (χ2v) is 22.3. The average molecular weight is 1100 g/mol. The van der Waals surface area contributed by atoms with Crippen LogP contribution in [0, 0.1) is 0 Å². The van der Waals surface area contributed by atoms with Gasteiger partial charge in [-0.2, -0.15) is 10.2 Å². The molecule has 6 aromatic rings. The van der Waals surface area contributed by atoms with Crippen molar-refractivity contribution < 1.29 is 57.6 Å². The van der Waals surface area contributed by atoms with Gasteiger partial charge in [0.1, 0.15) is 12.2 Å². The van der Waals surface area contributed by atoms with Gasteiger partial charge in [-0.3, -0.25) is 24.5 Å². The van der Waals surface area contributed by atoms with E-state index in [2.05, 4.69) is 25.5 Å². The third-order valence-electron chi connectivity index (χ3n) is 13.3. The number of thiazole rings is 2. The Labute approximate surface area is 447 Å². The van der Waals surface area contributed by atoms with Crippen LogP contribution in [0.15, 0.2) is 96.2 Å². The number of nitrogens with one attached hydrogen (secondary N) is 1. The van der Waals surface area contributed by atoms with Gasteiger partial charge in [-0.05, 0) is 92.0 Å². The lowest BCUT2D eigenvalue weighted by Gasteiger charge is -2.27. The number of benzene rings is 2. The van der Waals surface area contributed by atoms with Gasteiger partial charge in [0.05, 0.1) is 47.7 Å². The minimum Gasteiger partial charge on any atom is -0.450 e. The Kier molecular flexibility index (Phi) is 19.0. The van der Waals surface area contributed by atoms with Crippen LogP contribution in [0.3, 0.4) is 0 Å². The van der Waals surface area contributed by atoms with Gasteiger partial charge >= 0.3 is 6.09 Å². The van der Waals surface area contributed by atoms with Crippen LogP contribution < -0.4 is 9.62 Å². The molecule has 4 aromatic heterocycles. The molecular weight excluding hydrogens is 1040 g/mol. The average Bonchev–Trinajstić information content (AvgIpc) is 4.27. The lowest BCUT2D eigenvalue weighted by atomic mass is 9.92. The Morgan fingerprint density at radius 3 is 1.58 bits per heavy atom. The maximum absolute atomic E-state index is 13.1. The number of aromatic nitrogens is 6. The molecule has 0 saturated carbocycles. The first kappa shape index (κ1) is 57.0. The zero-order chi connectivity index (χ0) is 54.8. The van der Waals surface area contributed by atoms with E-state index in [-0.39, 0.29) is 36.4 Å². The van der Waals surface area contributed by atoms with Crippen LogP contribution in [0.4, 0.5) is 15.1 Å². The minimum atomic E-state index is -3.49. The molecule has 2 saturated heterocycles. The standard InChI is InChI=1S/C26H31N5O6S.C25H31N5O6S2/c1-3-37-26(36)29-25-28-19(15-38-25)20-6-4-12-30(20)24(35)23(34)22(33)21(32)14-16(2)17-7-9-18(10-8-17)31-13-5-11-27-31;1-16(17-7-9-18(10-8-17)30-13-5-11-26-30)14-21(31)22(32)23(33)24(34)29-12-4-6-20(29)19-15-37-25(27-19)28(2)38(3,35)36/h5,7-11,13,15-16,20,22-23,33-34H,3-4,6,12,14H2,1-2H3,(H,28,29,36);5,7-11,13,15-16,20,22-23,32-33H,4,6,12,14H2,1-3H3/t2*16-,20+,22-,23+/m00/s1. The summed E-state index contributed by atoms with van der Waals surface area (Å²) in [6.45, 7) is 6.30. The monoisotopic (exact) mass is 1100 g/mol. The summed E-state index contributed by atoms with van der Waals surface area (Å²) in [5.74, 6) is -3.19. The molecular formula is C51H62N10O12S3. The van der Waals surface area contributed by atoms with E-state index in [9.17, 15) is 52.8 Å². The molecule has 2 fully saturated rings. The predicted octanol–water partition coefficient (Wildman–Crippen LogP) is 4.92. The predicted molar refractivity (Wildman–Crippen MR) is 283 cm³/mol. The van der Waals surface area contributed by atoms with E-state index < -0.39 is 76.0 Å². The van der Waals surface area contributed by atoms with Gasteiger partial charge in [0.25, 0.3) is 11.8 Å². The number of Topliss-reactive ketones (excluding diaryl/α,β-unsaturated/α-hetero) is 2. The van der Waals surface area contributed by atoms with Gasteiger partial charge in [-0.25, -0.2) is 36.8 Å². The molecule has 0 spiro atoms. The van der Waals surface area contributed by atoms with Gasteiger partial charge in [0.2, 0.25) is 10.0 Å². The van der Waals surface area contributed by atoms with Crippen LogP contribution in [0.2, 0.25) is 0 Å². The van der Waals surface area contributed by atoms with Crippen LogP contribution in [-0.4, -0.2) is 155 Å². The third kappa shape index (κ3) is 13.8. The van der Waals surface area contributed by atoms with Crippen molar-refractivity contribution in [2.24, 2.45) is 0 Å². The second kappa shape index (κ2) is 25.4. The molecule has 406 valence electrons. The van der Waals surface area contributed by atoms with Gasteiger partial charge in [0, 0.05) is 68.5 Å². The molecule has 25 heteroatoms. The summed E-state index contributed by atoms with van der Waals surface area (Å²) >= 11 is 2.33. The molecule has 2 aliphatic heterocycles. The van der Waals surface area contributed by atoms with Gasteiger partial charge in [-0.15, -0.1) is 22.7 Å². The summed E-state index contributed by atoms with van der Waals surface area (Å²) in [4.78, 5) is 75.0. The fourth-order valence-corrected chi connectivity index (χ4v) is 11.3. The highest BCUT2D eigenvalue weighted by atomic mass is 32.2. The van der Waals surface area contributed by atoms with E-state index in [4.69, 9.17) is 4.74 Å². The number of carbonyl (C=O) groups excluding carboxylic acids is 5.